The molecular weight excluding hydrogens is 572 g/mol. The number of carbonyl (C=O) groups excluding carboxylic acids is 4. The van der Waals surface area contributed by atoms with Gasteiger partial charge in [-0.25, -0.2) is 0 Å². The minimum atomic E-state index is -0.456. The molecule has 0 radical (unpaired) electrons. The smallest absolute Gasteiger partial charge is 0.261 e. The van der Waals surface area contributed by atoms with Crippen LogP contribution in [0.4, 0.5) is 0 Å². The molecule has 0 unspecified atom stereocenters. The van der Waals surface area contributed by atoms with E-state index in [0.29, 0.717) is 51.1 Å². The summed E-state index contributed by atoms with van der Waals surface area (Å²) in [7, 11) is 0. The van der Waals surface area contributed by atoms with Gasteiger partial charge >= 0.3 is 0 Å². The van der Waals surface area contributed by atoms with Crippen LogP contribution in [0.5, 0.6) is 0 Å². The summed E-state index contributed by atoms with van der Waals surface area (Å²) in [5.41, 5.74) is 3.81. The highest BCUT2D eigenvalue weighted by Gasteiger charge is 2.37. The van der Waals surface area contributed by atoms with Crippen LogP contribution in [0.15, 0.2) is 110 Å². The first-order valence-corrected chi connectivity index (χ1v) is 15.1. The van der Waals surface area contributed by atoms with E-state index in [1.165, 1.54) is 9.80 Å². The highest BCUT2D eigenvalue weighted by molar-refractivity contribution is 6.37. The van der Waals surface area contributed by atoms with E-state index in [9.17, 15) is 19.2 Å². The Morgan fingerprint density at radius 2 is 1.24 bits per heavy atom. The van der Waals surface area contributed by atoms with Crippen molar-refractivity contribution in [1.82, 2.24) is 9.80 Å². The third-order valence-corrected chi connectivity index (χ3v) is 9.11. The van der Waals surface area contributed by atoms with Crippen molar-refractivity contribution < 1.29 is 19.2 Å². The van der Waals surface area contributed by atoms with E-state index < -0.39 is 11.8 Å². The van der Waals surface area contributed by atoms with Gasteiger partial charge in [-0.05, 0) is 68.8 Å². The van der Waals surface area contributed by atoms with Crippen molar-refractivity contribution in [2.75, 3.05) is 13.1 Å². The SMILES string of the molecule is C=C/C=C\C(=C)CCN1C(=O)C(=C)c2c(ccc3c2c(=C)c2ccc4c5c(ccc3c52)C(=O)N(CCc2ccccc2)C4=O)C1=O. The summed E-state index contributed by atoms with van der Waals surface area (Å²) < 4.78 is 0. The van der Waals surface area contributed by atoms with Gasteiger partial charge in [0.25, 0.3) is 23.6 Å². The Labute approximate surface area is 265 Å². The quantitative estimate of drug-likeness (QED) is 0.0644. The first kappa shape index (κ1) is 28.9. The van der Waals surface area contributed by atoms with Crippen LogP contribution in [0.2, 0.25) is 0 Å². The minimum absolute atomic E-state index is 0.173. The van der Waals surface area contributed by atoms with E-state index in [-0.39, 0.29) is 30.5 Å². The fourth-order valence-corrected chi connectivity index (χ4v) is 6.82. The van der Waals surface area contributed by atoms with Crippen LogP contribution in [0.1, 0.15) is 48.6 Å². The third kappa shape index (κ3) is 4.25. The molecule has 0 spiro atoms. The predicted octanol–water partition coefficient (Wildman–Crippen LogP) is 6.80. The van der Waals surface area contributed by atoms with Crippen LogP contribution in [0.3, 0.4) is 0 Å². The van der Waals surface area contributed by atoms with Gasteiger partial charge in [-0.2, -0.15) is 0 Å². The van der Waals surface area contributed by atoms with Crippen LogP contribution in [0, 0.1) is 0 Å². The van der Waals surface area contributed by atoms with E-state index in [1.807, 2.05) is 48.5 Å². The van der Waals surface area contributed by atoms with E-state index in [4.69, 9.17) is 0 Å². The molecule has 0 atom stereocenters. The molecule has 5 aromatic rings. The van der Waals surface area contributed by atoms with Gasteiger partial charge in [0.05, 0.1) is 0 Å². The Hall–Kier alpha value is -5.88. The van der Waals surface area contributed by atoms with Gasteiger partial charge in [-0.15, -0.1) is 0 Å². The number of benzene rings is 5. The summed E-state index contributed by atoms with van der Waals surface area (Å²) in [6.07, 6.45) is 6.17. The summed E-state index contributed by atoms with van der Waals surface area (Å²) in [4.78, 5) is 57.3. The van der Waals surface area contributed by atoms with E-state index in [2.05, 4.69) is 26.3 Å². The van der Waals surface area contributed by atoms with Crippen molar-refractivity contribution in [3.8, 4) is 0 Å². The van der Waals surface area contributed by atoms with Crippen molar-refractivity contribution in [2.24, 2.45) is 0 Å². The highest BCUT2D eigenvalue weighted by Crippen LogP contribution is 2.41. The van der Waals surface area contributed by atoms with Gasteiger partial charge in [0, 0.05) is 46.3 Å². The summed E-state index contributed by atoms with van der Waals surface area (Å²) >= 11 is 0. The molecule has 6 heteroatoms. The molecule has 6 nitrogen and oxygen atoms in total. The molecule has 5 aromatic carbocycles. The molecule has 0 fully saturated rings. The highest BCUT2D eigenvalue weighted by atomic mass is 16.2. The Bertz CT molecular complexity index is 2290. The number of fused-ring (bicyclic) bond motifs is 4. The number of hydrogen-bond donors (Lipinski definition) is 0. The normalized spacial score (nSPS) is 14.7. The molecule has 2 aliphatic heterocycles. The number of nitrogens with zero attached hydrogens (tertiary/aromatic N) is 2. The summed E-state index contributed by atoms with van der Waals surface area (Å²) in [6, 6.07) is 20.6. The molecule has 4 amide bonds. The average Bonchev–Trinajstić information content (AvgIpc) is 3.07. The lowest BCUT2D eigenvalue weighted by Gasteiger charge is -2.30. The first-order valence-electron chi connectivity index (χ1n) is 15.1. The Balaban J connectivity index is 1.34. The number of carbonyl (C=O) groups is 4. The lowest BCUT2D eigenvalue weighted by atomic mass is 9.82. The molecule has 0 N–H and O–H groups in total. The second-order valence-electron chi connectivity index (χ2n) is 11.7. The second kappa shape index (κ2) is 10.9. The molecule has 2 heterocycles. The van der Waals surface area contributed by atoms with Crippen molar-refractivity contribution in [3.63, 3.8) is 0 Å². The fraction of sp³-hybridized carbons (Fsp3) is 0.100. The summed E-state index contributed by atoms with van der Waals surface area (Å²) in [5, 5.41) is 4.96. The van der Waals surface area contributed by atoms with E-state index in [0.717, 1.165) is 32.7 Å². The molecular formula is C40H30N2O4. The minimum Gasteiger partial charge on any atom is -0.274 e. The largest absolute Gasteiger partial charge is 0.274 e. The molecule has 7 rings (SSSR count). The van der Waals surface area contributed by atoms with Crippen LogP contribution >= 0.6 is 0 Å². The Morgan fingerprint density at radius 1 is 0.652 bits per heavy atom. The number of hydrogen-bond acceptors (Lipinski definition) is 4. The molecule has 0 saturated heterocycles. The zero-order valence-corrected chi connectivity index (χ0v) is 25.3. The van der Waals surface area contributed by atoms with Crippen LogP contribution in [0.25, 0.3) is 44.5 Å². The molecule has 0 aromatic heterocycles. The van der Waals surface area contributed by atoms with Crippen molar-refractivity contribution in [3.05, 3.63) is 143 Å². The van der Waals surface area contributed by atoms with Crippen molar-refractivity contribution in [2.45, 2.75) is 12.8 Å². The van der Waals surface area contributed by atoms with Crippen LogP contribution < -0.4 is 5.22 Å². The Morgan fingerprint density at radius 3 is 1.91 bits per heavy atom. The zero-order chi connectivity index (χ0) is 32.3. The van der Waals surface area contributed by atoms with Gasteiger partial charge < -0.3 is 0 Å². The van der Waals surface area contributed by atoms with Gasteiger partial charge in [0.2, 0.25) is 0 Å². The fourth-order valence-electron chi connectivity index (χ4n) is 6.82. The molecule has 46 heavy (non-hydrogen) atoms. The van der Waals surface area contributed by atoms with Crippen LogP contribution in [-0.4, -0.2) is 46.5 Å². The molecule has 224 valence electrons. The second-order valence-corrected chi connectivity index (χ2v) is 11.7. The summed E-state index contributed by atoms with van der Waals surface area (Å²) in [5.74, 6) is -1.51. The lowest BCUT2D eigenvalue weighted by Crippen LogP contribution is -2.42. The maximum atomic E-state index is 13.8. The monoisotopic (exact) mass is 602 g/mol. The Kier molecular flexibility index (Phi) is 6.86. The van der Waals surface area contributed by atoms with Crippen LogP contribution in [-0.2, 0) is 11.2 Å². The molecule has 0 bridgehead atoms. The number of allylic oxidation sites excluding steroid dienone is 3. The van der Waals surface area contributed by atoms with Gasteiger partial charge in [0.1, 0.15) is 0 Å². The lowest BCUT2D eigenvalue weighted by molar-refractivity contribution is -0.122. The third-order valence-electron chi connectivity index (χ3n) is 9.11. The maximum absolute atomic E-state index is 13.8. The first-order chi connectivity index (χ1) is 22.2. The standard InChI is InChI=1S/C40H30N2O4/c1-5-6-10-23(2)19-21-41-37(43)25(4)34-30(38(41)44)17-14-28-29-15-18-32-36-31(16-13-27(35(29)36)24(3)33(28)34)39(45)42(40(32)46)22-20-26-11-8-7-9-12-26/h5-18H,1-4,19-22H2/b10-6-. The summed E-state index contributed by atoms with van der Waals surface area (Å²) in [6.45, 7) is 16.6. The number of amides is 4. The maximum Gasteiger partial charge on any atom is 0.261 e. The number of rotatable bonds is 8. The van der Waals surface area contributed by atoms with E-state index >= 15 is 0 Å². The number of imide groups is 2. The molecule has 0 aliphatic carbocycles. The van der Waals surface area contributed by atoms with E-state index in [1.54, 1.807) is 36.4 Å². The van der Waals surface area contributed by atoms with Crippen molar-refractivity contribution in [1.29, 1.82) is 0 Å². The zero-order valence-electron chi connectivity index (χ0n) is 25.3. The van der Waals surface area contributed by atoms with Crippen molar-refractivity contribution >= 4 is 68.1 Å². The molecule has 0 saturated carbocycles. The topological polar surface area (TPSA) is 74.8 Å². The van der Waals surface area contributed by atoms with Gasteiger partial charge in [-0.1, -0.05) is 98.6 Å². The predicted molar refractivity (Wildman–Crippen MR) is 183 cm³/mol. The molecule has 2 aliphatic rings. The van der Waals surface area contributed by atoms with Gasteiger partial charge in [-0.3, -0.25) is 29.0 Å². The average molecular weight is 603 g/mol. The van der Waals surface area contributed by atoms with Gasteiger partial charge in [0.15, 0.2) is 0 Å².